The number of hydrogen-bond donors (Lipinski definition) is 1. The van der Waals surface area contributed by atoms with E-state index in [4.69, 9.17) is 5.73 Å². The predicted molar refractivity (Wildman–Crippen MR) is 86.1 cm³/mol. The molecule has 0 aliphatic heterocycles. The maximum Gasteiger partial charge on any atom is 0.254 e. The summed E-state index contributed by atoms with van der Waals surface area (Å²) in [5.41, 5.74) is 6.12. The second-order valence-electron chi connectivity index (χ2n) is 6.33. The highest BCUT2D eigenvalue weighted by Gasteiger charge is 2.40. The summed E-state index contributed by atoms with van der Waals surface area (Å²) in [6.07, 6.45) is 5.49. The maximum absolute atomic E-state index is 12.5. The van der Waals surface area contributed by atoms with Gasteiger partial charge < -0.3 is 10.6 Å². The van der Waals surface area contributed by atoms with Crippen molar-refractivity contribution in [3.63, 3.8) is 0 Å². The zero-order chi connectivity index (χ0) is 14.8. The van der Waals surface area contributed by atoms with Gasteiger partial charge in [-0.25, -0.2) is 0 Å². The van der Waals surface area contributed by atoms with E-state index < -0.39 is 0 Å². The molecule has 0 spiro atoms. The second kappa shape index (κ2) is 6.21. The summed E-state index contributed by atoms with van der Waals surface area (Å²) in [4.78, 5) is 15.3. The number of nitrogens with two attached hydrogens (primary N) is 1. The molecule has 1 aromatic rings. The van der Waals surface area contributed by atoms with Crippen LogP contribution >= 0.6 is 11.3 Å². The standard InChI is InChI=1S/C17H22N2OS/c1-19(10-14-8-12-4-5-13(14)7-12)17(20)15-9-16(21-11-15)3-2-6-18/h9,11-14H,4-8,10,18H2,1H3. The van der Waals surface area contributed by atoms with E-state index in [0.29, 0.717) is 12.5 Å². The molecule has 0 aromatic carbocycles. The first-order valence-corrected chi connectivity index (χ1v) is 8.58. The van der Waals surface area contributed by atoms with Crippen molar-refractivity contribution in [3.8, 4) is 11.8 Å². The maximum atomic E-state index is 12.5. The van der Waals surface area contributed by atoms with Crippen molar-refractivity contribution in [2.75, 3.05) is 20.1 Å². The molecule has 0 radical (unpaired) electrons. The highest BCUT2D eigenvalue weighted by molar-refractivity contribution is 7.10. The highest BCUT2D eigenvalue weighted by Crippen LogP contribution is 2.48. The number of carbonyl (C=O) groups is 1. The number of nitrogens with zero attached hydrogens (tertiary/aromatic N) is 1. The Hall–Kier alpha value is -1.31. The van der Waals surface area contributed by atoms with Gasteiger partial charge in [0.15, 0.2) is 0 Å². The lowest BCUT2D eigenvalue weighted by atomic mass is 9.88. The lowest BCUT2D eigenvalue weighted by molar-refractivity contribution is 0.0755. The summed E-state index contributed by atoms with van der Waals surface area (Å²) in [7, 11) is 1.93. The van der Waals surface area contributed by atoms with Gasteiger partial charge in [0.05, 0.1) is 17.0 Å². The molecule has 1 amide bonds. The van der Waals surface area contributed by atoms with Crippen molar-refractivity contribution in [1.29, 1.82) is 0 Å². The van der Waals surface area contributed by atoms with Gasteiger partial charge in [0, 0.05) is 19.0 Å². The number of carbonyl (C=O) groups excluding carboxylic acids is 1. The van der Waals surface area contributed by atoms with Crippen molar-refractivity contribution in [2.24, 2.45) is 23.5 Å². The first-order chi connectivity index (χ1) is 10.2. The molecular weight excluding hydrogens is 280 g/mol. The van der Waals surface area contributed by atoms with E-state index in [1.807, 2.05) is 23.4 Å². The van der Waals surface area contributed by atoms with Gasteiger partial charge in [0.25, 0.3) is 5.91 Å². The van der Waals surface area contributed by atoms with Gasteiger partial charge in [-0.05, 0) is 43.1 Å². The summed E-state index contributed by atoms with van der Waals surface area (Å²) >= 11 is 1.51. The number of thiophene rings is 1. The normalized spacial score (nSPS) is 26.5. The summed E-state index contributed by atoms with van der Waals surface area (Å²) in [6.45, 7) is 1.25. The van der Waals surface area contributed by atoms with Gasteiger partial charge in [0.1, 0.15) is 0 Å². The largest absolute Gasteiger partial charge is 0.341 e. The molecule has 21 heavy (non-hydrogen) atoms. The highest BCUT2D eigenvalue weighted by atomic mass is 32.1. The van der Waals surface area contributed by atoms with Crippen molar-refractivity contribution >= 4 is 17.2 Å². The molecule has 2 bridgehead atoms. The summed E-state index contributed by atoms with van der Waals surface area (Å²) in [5.74, 6) is 8.44. The van der Waals surface area contributed by atoms with Gasteiger partial charge in [0.2, 0.25) is 0 Å². The van der Waals surface area contributed by atoms with Crippen LogP contribution in [0.25, 0.3) is 0 Å². The summed E-state index contributed by atoms with van der Waals surface area (Å²) < 4.78 is 0. The van der Waals surface area contributed by atoms with Crippen LogP contribution in [0.15, 0.2) is 11.4 Å². The van der Waals surface area contributed by atoms with E-state index in [2.05, 4.69) is 11.8 Å². The molecule has 1 heterocycles. The third kappa shape index (κ3) is 3.14. The van der Waals surface area contributed by atoms with Crippen LogP contribution in [0.5, 0.6) is 0 Å². The Morgan fingerprint density at radius 2 is 2.33 bits per heavy atom. The van der Waals surface area contributed by atoms with Gasteiger partial charge in [-0.1, -0.05) is 18.3 Å². The van der Waals surface area contributed by atoms with Crippen LogP contribution in [0.2, 0.25) is 0 Å². The van der Waals surface area contributed by atoms with Gasteiger partial charge >= 0.3 is 0 Å². The van der Waals surface area contributed by atoms with Crippen LogP contribution in [0.4, 0.5) is 0 Å². The molecule has 3 nitrogen and oxygen atoms in total. The quantitative estimate of drug-likeness (QED) is 0.872. The van der Waals surface area contributed by atoms with Gasteiger partial charge in [-0.2, -0.15) is 0 Å². The average molecular weight is 302 g/mol. The Morgan fingerprint density at radius 1 is 1.48 bits per heavy atom. The average Bonchev–Trinajstić information content (AvgIpc) is 3.20. The fourth-order valence-corrected chi connectivity index (χ4v) is 4.66. The zero-order valence-electron chi connectivity index (χ0n) is 12.5. The zero-order valence-corrected chi connectivity index (χ0v) is 13.3. The molecule has 2 fully saturated rings. The predicted octanol–water partition coefficient (Wildman–Crippen LogP) is 2.57. The molecular formula is C17H22N2OS. The topological polar surface area (TPSA) is 46.3 Å². The minimum Gasteiger partial charge on any atom is -0.341 e. The third-order valence-corrected chi connectivity index (χ3v) is 5.75. The van der Waals surface area contributed by atoms with Crippen molar-refractivity contribution in [2.45, 2.75) is 25.7 Å². The lowest BCUT2D eigenvalue weighted by Gasteiger charge is -2.27. The minimum absolute atomic E-state index is 0.120. The minimum atomic E-state index is 0.120. The van der Waals surface area contributed by atoms with Crippen LogP contribution in [0.1, 0.15) is 40.9 Å². The van der Waals surface area contributed by atoms with E-state index in [1.165, 1.54) is 37.0 Å². The molecule has 2 aliphatic carbocycles. The van der Waals surface area contributed by atoms with Crippen molar-refractivity contribution < 1.29 is 4.79 Å². The molecule has 1 aromatic heterocycles. The molecule has 2 aliphatic rings. The lowest BCUT2D eigenvalue weighted by Crippen LogP contribution is -2.33. The fourth-order valence-electron chi connectivity index (χ4n) is 3.91. The van der Waals surface area contributed by atoms with Crippen LogP contribution in [-0.4, -0.2) is 30.9 Å². The molecule has 112 valence electrons. The van der Waals surface area contributed by atoms with E-state index in [1.54, 1.807) is 0 Å². The molecule has 2 saturated carbocycles. The molecule has 3 unspecified atom stereocenters. The Labute approximate surface area is 130 Å². The molecule has 4 heteroatoms. The Bertz CT molecular complexity index is 583. The van der Waals surface area contributed by atoms with Crippen LogP contribution in [0.3, 0.4) is 0 Å². The summed E-state index contributed by atoms with van der Waals surface area (Å²) in [5, 5.41) is 1.90. The monoisotopic (exact) mass is 302 g/mol. The second-order valence-corrected chi connectivity index (χ2v) is 7.24. The number of fused-ring (bicyclic) bond motifs is 2. The smallest absolute Gasteiger partial charge is 0.254 e. The van der Waals surface area contributed by atoms with E-state index in [-0.39, 0.29) is 5.91 Å². The first-order valence-electron chi connectivity index (χ1n) is 7.70. The van der Waals surface area contributed by atoms with Crippen LogP contribution in [-0.2, 0) is 0 Å². The van der Waals surface area contributed by atoms with Gasteiger partial charge in [-0.15, -0.1) is 11.3 Å². The van der Waals surface area contributed by atoms with Crippen LogP contribution in [0, 0.1) is 29.6 Å². The molecule has 3 rings (SSSR count). The summed E-state index contributed by atoms with van der Waals surface area (Å²) in [6, 6.07) is 1.88. The van der Waals surface area contributed by atoms with Crippen molar-refractivity contribution in [1.82, 2.24) is 4.90 Å². The molecule has 0 saturated heterocycles. The number of hydrogen-bond acceptors (Lipinski definition) is 3. The molecule has 3 atom stereocenters. The number of amides is 1. The van der Waals surface area contributed by atoms with Gasteiger partial charge in [-0.3, -0.25) is 4.79 Å². The van der Waals surface area contributed by atoms with E-state index in [9.17, 15) is 4.79 Å². The van der Waals surface area contributed by atoms with Crippen molar-refractivity contribution in [3.05, 3.63) is 21.9 Å². The first kappa shape index (κ1) is 14.6. The Kier molecular flexibility index (Phi) is 4.32. The van der Waals surface area contributed by atoms with E-state index in [0.717, 1.165) is 28.8 Å². The third-order valence-electron chi connectivity index (χ3n) is 4.90. The van der Waals surface area contributed by atoms with E-state index >= 15 is 0 Å². The number of rotatable bonds is 3. The fraction of sp³-hybridized carbons (Fsp3) is 0.588. The SMILES string of the molecule is CN(CC1CC2CCC1C2)C(=O)c1csc(C#CCN)c1. The Morgan fingerprint density at radius 3 is 3.00 bits per heavy atom. The molecule has 2 N–H and O–H groups in total. The Balaban J connectivity index is 1.60. The van der Waals surface area contributed by atoms with Crippen LogP contribution < -0.4 is 5.73 Å².